The lowest BCUT2D eigenvalue weighted by atomic mass is 9.98. The quantitative estimate of drug-likeness (QED) is 0.919. The summed E-state index contributed by atoms with van der Waals surface area (Å²) in [4.78, 5) is 0. The van der Waals surface area contributed by atoms with E-state index >= 15 is 0 Å². The summed E-state index contributed by atoms with van der Waals surface area (Å²) in [5, 5.41) is 3.60. The molecule has 0 aliphatic carbocycles. The second-order valence-electron chi connectivity index (χ2n) is 4.16. The molecule has 0 saturated heterocycles. The molecule has 0 aliphatic heterocycles. The number of benzene rings is 2. The third kappa shape index (κ3) is 3.06. The van der Waals surface area contributed by atoms with Gasteiger partial charge in [-0.15, -0.1) is 0 Å². The Morgan fingerprint density at radius 1 is 1.16 bits per heavy atom. The van der Waals surface area contributed by atoms with E-state index in [1.807, 2.05) is 31.3 Å². The fraction of sp³-hybridized carbons (Fsp3) is 0.200. The summed E-state index contributed by atoms with van der Waals surface area (Å²) < 4.78 is 18.2. The summed E-state index contributed by atoms with van der Waals surface area (Å²) in [5.74, 6) is 0.460. The van der Waals surface area contributed by atoms with Crippen LogP contribution in [0, 0.1) is 5.82 Å². The van der Waals surface area contributed by atoms with E-state index in [1.165, 1.54) is 12.1 Å². The molecule has 2 aromatic rings. The highest BCUT2D eigenvalue weighted by atomic mass is 35.5. The van der Waals surface area contributed by atoms with Gasteiger partial charge in [-0.3, -0.25) is 0 Å². The SMILES string of the molecule is CNC(c1ccc(OC)cc1)c1ccc(F)cc1Cl. The normalized spacial score (nSPS) is 12.2. The highest BCUT2D eigenvalue weighted by Crippen LogP contribution is 2.29. The van der Waals surface area contributed by atoms with Gasteiger partial charge in [0.1, 0.15) is 11.6 Å². The Bertz CT molecular complexity index is 557. The van der Waals surface area contributed by atoms with Crippen LogP contribution in [0.25, 0.3) is 0 Å². The number of hydrogen-bond acceptors (Lipinski definition) is 2. The van der Waals surface area contributed by atoms with Crippen molar-refractivity contribution in [3.8, 4) is 5.75 Å². The lowest BCUT2D eigenvalue weighted by molar-refractivity contribution is 0.414. The van der Waals surface area contributed by atoms with Gasteiger partial charge in [0, 0.05) is 5.02 Å². The summed E-state index contributed by atoms with van der Waals surface area (Å²) in [6.45, 7) is 0. The zero-order valence-electron chi connectivity index (χ0n) is 10.8. The third-order valence-electron chi connectivity index (χ3n) is 3.01. The molecule has 1 unspecified atom stereocenters. The van der Waals surface area contributed by atoms with Gasteiger partial charge in [-0.1, -0.05) is 29.8 Å². The van der Waals surface area contributed by atoms with E-state index in [-0.39, 0.29) is 11.9 Å². The Hall–Kier alpha value is -1.58. The molecule has 0 amide bonds. The van der Waals surface area contributed by atoms with Crippen LogP contribution in [0.3, 0.4) is 0 Å². The number of hydrogen-bond donors (Lipinski definition) is 1. The summed E-state index contributed by atoms with van der Waals surface area (Å²) in [5.41, 5.74) is 1.88. The average Bonchev–Trinajstić information content (AvgIpc) is 2.42. The molecule has 2 nitrogen and oxygen atoms in total. The Morgan fingerprint density at radius 3 is 2.37 bits per heavy atom. The van der Waals surface area contributed by atoms with Crippen molar-refractivity contribution >= 4 is 11.6 Å². The highest BCUT2D eigenvalue weighted by molar-refractivity contribution is 6.31. The van der Waals surface area contributed by atoms with E-state index in [4.69, 9.17) is 16.3 Å². The Morgan fingerprint density at radius 2 is 1.84 bits per heavy atom. The summed E-state index contributed by atoms with van der Waals surface area (Å²) in [6.07, 6.45) is 0. The standard InChI is InChI=1S/C15H15ClFNO/c1-18-15(10-3-6-12(19-2)7-4-10)13-8-5-11(17)9-14(13)16/h3-9,15,18H,1-2H3. The lowest BCUT2D eigenvalue weighted by Gasteiger charge is -2.19. The molecule has 0 radical (unpaired) electrons. The van der Waals surface area contributed by atoms with Crippen molar-refractivity contribution in [3.63, 3.8) is 0 Å². The van der Waals surface area contributed by atoms with Crippen molar-refractivity contribution in [3.05, 3.63) is 64.4 Å². The van der Waals surface area contributed by atoms with Crippen LogP contribution in [0.1, 0.15) is 17.2 Å². The zero-order valence-corrected chi connectivity index (χ0v) is 11.5. The highest BCUT2D eigenvalue weighted by Gasteiger charge is 2.15. The molecule has 0 heterocycles. The van der Waals surface area contributed by atoms with E-state index in [2.05, 4.69) is 5.32 Å². The van der Waals surface area contributed by atoms with E-state index in [1.54, 1.807) is 13.2 Å². The van der Waals surface area contributed by atoms with Gasteiger partial charge in [-0.05, 0) is 42.4 Å². The molecule has 1 N–H and O–H groups in total. The van der Waals surface area contributed by atoms with Crippen molar-refractivity contribution in [2.75, 3.05) is 14.2 Å². The molecule has 100 valence electrons. The van der Waals surface area contributed by atoms with Crippen molar-refractivity contribution in [1.82, 2.24) is 5.32 Å². The first-order valence-electron chi connectivity index (χ1n) is 5.92. The second-order valence-corrected chi connectivity index (χ2v) is 4.57. The van der Waals surface area contributed by atoms with Gasteiger partial charge < -0.3 is 10.1 Å². The van der Waals surface area contributed by atoms with E-state index in [0.29, 0.717) is 5.02 Å². The van der Waals surface area contributed by atoms with Crippen LogP contribution in [-0.2, 0) is 0 Å². The maximum Gasteiger partial charge on any atom is 0.124 e. The predicted molar refractivity (Wildman–Crippen MR) is 75.3 cm³/mol. The lowest BCUT2D eigenvalue weighted by Crippen LogP contribution is -2.18. The minimum Gasteiger partial charge on any atom is -0.497 e. The molecule has 0 saturated carbocycles. The molecule has 0 fully saturated rings. The van der Waals surface area contributed by atoms with Crippen LogP contribution in [0.2, 0.25) is 5.02 Å². The number of methoxy groups -OCH3 is 1. The van der Waals surface area contributed by atoms with Crippen LogP contribution in [0.5, 0.6) is 5.75 Å². The molecule has 1 atom stereocenters. The van der Waals surface area contributed by atoms with Crippen LogP contribution in [0.4, 0.5) is 4.39 Å². The maximum atomic E-state index is 13.1. The topological polar surface area (TPSA) is 21.3 Å². The first kappa shape index (κ1) is 13.8. The Kier molecular flexibility index (Phi) is 4.40. The van der Waals surface area contributed by atoms with Crippen molar-refractivity contribution < 1.29 is 9.13 Å². The Balaban J connectivity index is 2.37. The molecule has 0 aliphatic rings. The van der Waals surface area contributed by atoms with E-state index in [0.717, 1.165) is 16.9 Å². The molecule has 2 rings (SSSR count). The number of ether oxygens (including phenoxy) is 1. The largest absolute Gasteiger partial charge is 0.497 e. The van der Waals surface area contributed by atoms with Gasteiger partial charge in [-0.25, -0.2) is 4.39 Å². The predicted octanol–water partition coefficient (Wildman–Crippen LogP) is 3.80. The number of halogens is 2. The van der Waals surface area contributed by atoms with E-state index < -0.39 is 0 Å². The van der Waals surface area contributed by atoms with Crippen molar-refractivity contribution in [1.29, 1.82) is 0 Å². The number of nitrogens with one attached hydrogen (secondary N) is 1. The van der Waals surface area contributed by atoms with Gasteiger partial charge in [0.15, 0.2) is 0 Å². The fourth-order valence-corrected chi connectivity index (χ4v) is 2.31. The third-order valence-corrected chi connectivity index (χ3v) is 3.34. The van der Waals surface area contributed by atoms with E-state index in [9.17, 15) is 4.39 Å². The molecule has 0 aromatic heterocycles. The molecule has 2 aromatic carbocycles. The molecule has 19 heavy (non-hydrogen) atoms. The van der Waals surface area contributed by atoms with Gasteiger partial charge in [0.25, 0.3) is 0 Å². The zero-order chi connectivity index (χ0) is 13.8. The fourth-order valence-electron chi connectivity index (χ4n) is 2.03. The first-order valence-corrected chi connectivity index (χ1v) is 6.29. The summed E-state index contributed by atoms with van der Waals surface area (Å²) in [7, 11) is 3.47. The average molecular weight is 280 g/mol. The smallest absolute Gasteiger partial charge is 0.124 e. The molecule has 4 heteroatoms. The Labute approximate surface area is 117 Å². The monoisotopic (exact) mass is 279 g/mol. The molecular weight excluding hydrogens is 265 g/mol. The summed E-state index contributed by atoms with van der Waals surface area (Å²) >= 11 is 6.11. The van der Waals surface area contributed by atoms with Gasteiger partial charge in [0.05, 0.1) is 13.2 Å². The first-order chi connectivity index (χ1) is 9.15. The van der Waals surface area contributed by atoms with Crippen LogP contribution in [-0.4, -0.2) is 14.2 Å². The minimum atomic E-state index is -0.335. The van der Waals surface area contributed by atoms with Crippen LogP contribution >= 0.6 is 11.6 Å². The van der Waals surface area contributed by atoms with Crippen molar-refractivity contribution in [2.24, 2.45) is 0 Å². The van der Waals surface area contributed by atoms with Gasteiger partial charge >= 0.3 is 0 Å². The number of rotatable bonds is 4. The summed E-state index contributed by atoms with van der Waals surface area (Å²) in [6, 6.07) is 12.0. The van der Waals surface area contributed by atoms with Crippen LogP contribution < -0.4 is 10.1 Å². The van der Waals surface area contributed by atoms with Crippen molar-refractivity contribution in [2.45, 2.75) is 6.04 Å². The molecule has 0 bridgehead atoms. The minimum absolute atomic E-state index is 0.0843. The van der Waals surface area contributed by atoms with Gasteiger partial charge in [-0.2, -0.15) is 0 Å². The maximum absolute atomic E-state index is 13.1. The van der Waals surface area contributed by atoms with Gasteiger partial charge in [0.2, 0.25) is 0 Å². The molecular formula is C15H15ClFNO. The second kappa shape index (κ2) is 6.04. The van der Waals surface area contributed by atoms with Crippen LogP contribution in [0.15, 0.2) is 42.5 Å². The molecule has 0 spiro atoms.